The SMILES string of the molecule is CC1=NN(c2nc3ccccc3s2)C(=O)C1=Cc1ccc2c(c1)OCO2. The molecule has 2 aromatic carbocycles. The zero-order valence-corrected chi connectivity index (χ0v) is 14.6. The van der Waals surface area contributed by atoms with Gasteiger partial charge in [0.1, 0.15) is 0 Å². The fraction of sp³-hybridized carbons (Fsp3) is 0.105. The Morgan fingerprint density at radius 2 is 2.00 bits per heavy atom. The molecule has 0 N–H and O–H groups in total. The van der Waals surface area contributed by atoms with E-state index in [-0.39, 0.29) is 12.7 Å². The third-order valence-corrected chi connectivity index (χ3v) is 5.25. The van der Waals surface area contributed by atoms with Gasteiger partial charge in [-0.1, -0.05) is 29.5 Å². The molecule has 26 heavy (non-hydrogen) atoms. The van der Waals surface area contributed by atoms with E-state index < -0.39 is 0 Å². The van der Waals surface area contributed by atoms with E-state index >= 15 is 0 Å². The highest BCUT2D eigenvalue weighted by Gasteiger charge is 2.31. The quantitative estimate of drug-likeness (QED) is 0.649. The predicted molar refractivity (Wildman–Crippen MR) is 101 cm³/mol. The lowest BCUT2D eigenvalue weighted by Crippen LogP contribution is -2.21. The first-order valence-corrected chi connectivity index (χ1v) is 8.88. The second kappa shape index (κ2) is 5.67. The zero-order chi connectivity index (χ0) is 17.7. The number of hydrogen-bond acceptors (Lipinski definition) is 6. The molecule has 0 bridgehead atoms. The van der Waals surface area contributed by atoms with Crippen LogP contribution in [-0.4, -0.2) is 23.4 Å². The van der Waals surface area contributed by atoms with Gasteiger partial charge in [-0.3, -0.25) is 4.79 Å². The number of hydrogen-bond donors (Lipinski definition) is 0. The number of fused-ring (bicyclic) bond motifs is 2. The third-order valence-electron chi connectivity index (χ3n) is 4.23. The molecule has 0 unspecified atom stereocenters. The summed E-state index contributed by atoms with van der Waals surface area (Å²) in [6, 6.07) is 13.4. The van der Waals surface area contributed by atoms with Gasteiger partial charge in [-0.15, -0.1) is 0 Å². The number of ether oxygens (including phenoxy) is 2. The molecule has 6 nitrogen and oxygen atoms in total. The Morgan fingerprint density at radius 3 is 2.88 bits per heavy atom. The fourth-order valence-electron chi connectivity index (χ4n) is 2.93. The second-order valence-corrected chi connectivity index (χ2v) is 6.95. The molecule has 2 aliphatic heterocycles. The minimum absolute atomic E-state index is 0.181. The van der Waals surface area contributed by atoms with Crippen LogP contribution in [0, 0.1) is 0 Å². The summed E-state index contributed by atoms with van der Waals surface area (Å²) in [7, 11) is 0. The summed E-state index contributed by atoms with van der Waals surface area (Å²) in [4.78, 5) is 17.4. The normalized spacial score (nSPS) is 17.4. The number of amides is 1. The largest absolute Gasteiger partial charge is 0.454 e. The van der Waals surface area contributed by atoms with Gasteiger partial charge in [-0.05, 0) is 42.8 Å². The Labute approximate surface area is 153 Å². The molecule has 1 amide bonds. The van der Waals surface area contributed by atoms with Crippen LogP contribution in [0.25, 0.3) is 16.3 Å². The van der Waals surface area contributed by atoms with Crippen molar-refractivity contribution in [3.8, 4) is 11.5 Å². The monoisotopic (exact) mass is 363 g/mol. The van der Waals surface area contributed by atoms with E-state index in [0.29, 0.717) is 27.9 Å². The van der Waals surface area contributed by atoms with Crippen molar-refractivity contribution < 1.29 is 14.3 Å². The number of para-hydroxylation sites is 1. The lowest BCUT2D eigenvalue weighted by Gasteiger charge is -2.06. The van der Waals surface area contributed by atoms with Gasteiger partial charge in [0.2, 0.25) is 11.9 Å². The molecule has 0 aliphatic carbocycles. The highest BCUT2D eigenvalue weighted by atomic mass is 32.1. The van der Waals surface area contributed by atoms with Crippen molar-refractivity contribution in [1.29, 1.82) is 0 Å². The average Bonchev–Trinajstić information content (AvgIpc) is 3.34. The minimum Gasteiger partial charge on any atom is -0.454 e. The fourth-order valence-corrected chi connectivity index (χ4v) is 3.85. The van der Waals surface area contributed by atoms with Crippen molar-refractivity contribution in [3.63, 3.8) is 0 Å². The van der Waals surface area contributed by atoms with Gasteiger partial charge in [-0.25, -0.2) is 4.98 Å². The molecule has 0 saturated heterocycles. The first-order valence-electron chi connectivity index (χ1n) is 8.06. The van der Waals surface area contributed by atoms with Gasteiger partial charge in [0.05, 0.1) is 21.5 Å². The molecule has 2 aliphatic rings. The summed E-state index contributed by atoms with van der Waals surface area (Å²) in [6.07, 6.45) is 1.82. The summed E-state index contributed by atoms with van der Waals surface area (Å²) in [5.41, 5.74) is 2.93. The maximum atomic E-state index is 12.9. The highest BCUT2D eigenvalue weighted by molar-refractivity contribution is 7.22. The van der Waals surface area contributed by atoms with Gasteiger partial charge in [0.25, 0.3) is 5.91 Å². The number of carbonyl (C=O) groups excluding carboxylic acids is 1. The first kappa shape index (κ1) is 15.1. The summed E-state index contributed by atoms with van der Waals surface area (Å²) in [5.74, 6) is 1.22. The Morgan fingerprint density at radius 1 is 1.15 bits per heavy atom. The molecule has 5 rings (SSSR count). The molecular weight excluding hydrogens is 350 g/mol. The molecule has 0 atom stereocenters. The standard InChI is InChI=1S/C19H13N3O3S/c1-11-13(8-12-6-7-15-16(9-12)25-10-24-15)18(23)22(21-11)19-20-14-4-2-3-5-17(14)26-19/h2-9H,10H2,1H3. The maximum Gasteiger partial charge on any atom is 0.282 e. The Hall–Kier alpha value is -3.19. The van der Waals surface area contributed by atoms with Crippen LogP contribution >= 0.6 is 11.3 Å². The predicted octanol–water partition coefficient (Wildman–Crippen LogP) is 3.83. The number of benzene rings is 2. The van der Waals surface area contributed by atoms with Crippen LogP contribution in [0.2, 0.25) is 0 Å². The lowest BCUT2D eigenvalue weighted by molar-refractivity contribution is -0.114. The van der Waals surface area contributed by atoms with E-state index in [9.17, 15) is 4.79 Å². The molecule has 7 heteroatoms. The van der Waals surface area contributed by atoms with Gasteiger partial charge in [0.15, 0.2) is 11.5 Å². The number of anilines is 1. The Kier molecular flexibility index (Phi) is 3.29. The van der Waals surface area contributed by atoms with Crippen molar-refractivity contribution in [2.75, 3.05) is 11.8 Å². The van der Waals surface area contributed by atoms with Crippen LogP contribution in [0.1, 0.15) is 12.5 Å². The molecule has 1 aromatic heterocycles. The van der Waals surface area contributed by atoms with Crippen molar-refractivity contribution in [1.82, 2.24) is 4.98 Å². The van der Waals surface area contributed by atoms with Gasteiger partial charge >= 0.3 is 0 Å². The van der Waals surface area contributed by atoms with E-state index in [1.54, 1.807) is 0 Å². The van der Waals surface area contributed by atoms with Crippen LogP contribution in [0.5, 0.6) is 11.5 Å². The van der Waals surface area contributed by atoms with Crippen molar-refractivity contribution in [2.45, 2.75) is 6.92 Å². The first-order chi connectivity index (χ1) is 12.7. The topological polar surface area (TPSA) is 64.0 Å². The molecule has 3 aromatic rings. The van der Waals surface area contributed by atoms with Crippen LogP contribution < -0.4 is 14.5 Å². The maximum absolute atomic E-state index is 12.9. The molecule has 0 radical (unpaired) electrons. The Bertz CT molecular complexity index is 1080. The zero-order valence-electron chi connectivity index (χ0n) is 13.8. The molecule has 3 heterocycles. The van der Waals surface area contributed by atoms with Gasteiger partial charge in [-0.2, -0.15) is 10.1 Å². The van der Waals surface area contributed by atoms with Crippen molar-refractivity contribution >= 4 is 44.4 Å². The number of hydrazone groups is 1. The molecule has 0 saturated carbocycles. The summed E-state index contributed by atoms with van der Waals surface area (Å²) >= 11 is 1.45. The Balaban J connectivity index is 1.50. The summed E-state index contributed by atoms with van der Waals surface area (Å²) in [6.45, 7) is 2.05. The van der Waals surface area contributed by atoms with E-state index in [1.807, 2.05) is 55.5 Å². The summed E-state index contributed by atoms with van der Waals surface area (Å²) < 4.78 is 11.7. The minimum atomic E-state index is -0.181. The number of aromatic nitrogens is 1. The number of rotatable bonds is 2. The smallest absolute Gasteiger partial charge is 0.282 e. The third kappa shape index (κ3) is 2.36. The van der Waals surface area contributed by atoms with Crippen LogP contribution in [0.3, 0.4) is 0 Å². The number of thiazole rings is 1. The van der Waals surface area contributed by atoms with E-state index in [2.05, 4.69) is 10.1 Å². The van der Waals surface area contributed by atoms with E-state index in [4.69, 9.17) is 9.47 Å². The second-order valence-electron chi connectivity index (χ2n) is 5.94. The van der Waals surface area contributed by atoms with Crippen molar-refractivity contribution in [2.24, 2.45) is 5.10 Å². The molecular formula is C19H13N3O3S. The lowest BCUT2D eigenvalue weighted by atomic mass is 10.1. The van der Waals surface area contributed by atoms with Gasteiger partial charge in [0, 0.05) is 0 Å². The highest BCUT2D eigenvalue weighted by Crippen LogP contribution is 2.35. The number of carbonyl (C=O) groups is 1. The van der Waals surface area contributed by atoms with E-state index in [1.165, 1.54) is 16.3 Å². The number of nitrogens with zero attached hydrogens (tertiary/aromatic N) is 3. The molecule has 0 spiro atoms. The van der Waals surface area contributed by atoms with Crippen LogP contribution in [0.4, 0.5) is 5.13 Å². The summed E-state index contributed by atoms with van der Waals surface area (Å²) in [5, 5.41) is 6.36. The molecule has 0 fully saturated rings. The van der Waals surface area contributed by atoms with E-state index in [0.717, 1.165) is 15.8 Å². The van der Waals surface area contributed by atoms with Crippen molar-refractivity contribution in [3.05, 3.63) is 53.6 Å². The van der Waals surface area contributed by atoms with Gasteiger partial charge < -0.3 is 9.47 Å². The average molecular weight is 363 g/mol. The van der Waals surface area contributed by atoms with Crippen LogP contribution in [0.15, 0.2) is 53.1 Å². The van der Waals surface area contributed by atoms with Crippen LogP contribution in [-0.2, 0) is 4.79 Å². The molecule has 128 valence electrons.